The molecule has 15 heavy (non-hydrogen) atoms. The normalized spacial score (nSPS) is 15.9. The molecule has 0 bridgehead atoms. The third kappa shape index (κ3) is 2.09. The van der Waals surface area contributed by atoms with Crippen LogP contribution < -0.4 is 0 Å². The molecule has 0 amide bonds. The number of carbonyl (C=O) groups is 1. The Morgan fingerprint density at radius 1 is 1.53 bits per heavy atom. The lowest BCUT2D eigenvalue weighted by Crippen LogP contribution is -2.15. The molecule has 1 fully saturated rings. The Morgan fingerprint density at radius 2 is 2.27 bits per heavy atom. The van der Waals surface area contributed by atoms with Crippen LogP contribution >= 0.6 is 11.6 Å². The predicted octanol–water partition coefficient (Wildman–Crippen LogP) is 2.18. The number of halogens is 1. The number of esters is 1. The van der Waals surface area contributed by atoms with E-state index in [0.717, 1.165) is 12.8 Å². The highest BCUT2D eigenvalue weighted by molar-refractivity contribution is 6.29. The monoisotopic (exact) mass is 226 g/mol. The summed E-state index contributed by atoms with van der Waals surface area (Å²) in [6.45, 7) is 0. The highest BCUT2D eigenvalue weighted by atomic mass is 35.5. The van der Waals surface area contributed by atoms with Crippen LogP contribution in [0.3, 0.4) is 0 Å². The maximum atomic E-state index is 11.3. The van der Waals surface area contributed by atoms with Gasteiger partial charge in [-0.25, -0.2) is 14.8 Å². The molecule has 0 aliphatic heterocycles. The molecule has 1 saturated carbocycles. The van der Waals surface area contributed by atoms with E-state index in [0.29, 0.717) is 16.9 Å². The number of nitrogens with zero attached hydrogens (tertiary/aromatic N) is 2. The fourth-order valence-electron chi connectivity index (χ4n) is 1.49. The van der Waals surface area contributed by atoms with E-state index in [1.807, 2.05) is 0 Å². The predicted molar refractivity (Wildman–Crippen MR) is 55.0 cm³/mol. The van der Waals surface area contributed by atoms with Crippen LogP contribution in [-0.2, 0) is 4.74 Å². The van der Waals surface area contributed by atoms with Gasteiger partial charge in [-0.1, -0.05) is 18.0 Å². The SMILES string of the molecule is COC(=O)c1cc(Cl)nc(C2CCC2)n1. The van der Waals surface area contributed by atoms with E-state index in [4.69, 9.17) is 11.6 Å². The van der Waals surface area contributed by atoms with Crippen molar-refractivity contribution in [2.45, 2.75) is 25.2 Å². The molecule has 1 aliphatic rings. The average molecular weight is 227 g/mol. The van der Waals surface area contributed by atoms with Gasteiger partial charge >= 0.3 is 5.97 Å². The number of hydrogen-bond acceptors (Lipinski definition) is 4. The van der Waals surface area contributed by atoms with Crippen molar-refractivity contribution in [2.24, 2.45) is 0 Å². The summed E-state index contributed by atoms with van der Waals surface area (Å²) in [5, 5.41) is 0.298. The Bertz CT molecular complexity index is 391. The zero-order chi connectivity index (χ0) is 10.8. The van der Waals surface area contributed by atoms with Crippen molar-refractivity contribution in [3.63, 3.8) is 0 Å². The van der Waals surface area contributed by atoms with E-state index in [1.165, 1.54) is 19.6 Å². The summed E-state index contributed by atoms with van der Waals surface area (Å²) in [5.74, 6) is 0.543. The molecule has 2 rings (SSSR count). The zero-order valence-electron chi connectivity index (χ0n) is 8.36. The Kier molecular flexibility index (Phi) is 2.86. The Hall–Kier alpha value is -1.16. The average Bonchev–Trinajstić information content (AvgIpc) is 2.13. The van der Waals surface area contributed by atoms with Crippen molar-refractivity contribution in [1.82, 2.24) is 9.97 Å². The minimum absolute atomic E-state index is 0.236. The summed E-state index contributed by atoms with van der Waals surface area (Å²) in [6, 6.07) is 1.43. The lowest BCUT2D eigenvalue weighted by Gasteiger charge is -2.23. The first-order valence-electron chi connectivity index (χ1n) is 4.83. The largest absolute Gasteiger partial charge is 0.464 e. The van der Waals surface area contributed by atoms with Crippen LogP contribution in [0.5, 0.6) is 0 Å². The molecule has 1 aromatic rings. The fraction of sp³-hybridized carbons (Fsp3) is 0.500. The topological polar surface area (TPSA) is 52.1 Å². The third-order valence-electron chi connectivity index (χ3n) is 2.58. The van der Waals surface area contributed by atoms with Crippen LogP contribution in [0, 0.1) is 0 Å². The Balaban J connectivity index is 2.31. The fourth-order valence-corrected chi connectivity index (χ4v) is 1.68. The first-order chi connectivity index (χ1) is 7.20. The summed E-state index contributed by atoms with van der Waals surface area (Å²) in [7, 11) is 1.32. The molecule has 0 spiro atoms. The van der Waals surface area contributed by atoms with Crippen LogP contribution in [0.4, 0.5) is 0 Å². The molecule has 80 valence electrons. The maximum Gasteiger partial charge on any atom is 0.356 e. The smallest absolute Gasteiger partial charge is 0.356 e. The third-order valence-corrected chi connectivity index (χ3v) is 2.77. The van der Waals surface area contributed by atoms with Gasteiger partial charge in [0.05, 0.1) is 7.11 Å². The number of rotatable bonds is 2. The zero-order valence-corrected chi connectivity index (χ0v) is 9.12. The minimum atomic E-state index is -0.472. The lowest BCUT2D eigenvalue weighted by atomic mass is 9.85. The number of hydrogen-bond donors (Lipinski definition) is 0. The molecule has 0 aromatic carbocycles. The molecule has 0 radical (unpaired) electrons. The van der Waals surface area contributed by atoms with E-state index in [9.17, 15) is 4.79 Å². The summed E-state index contributed by atoms with van der Waals surface area (Å²) >= 11 is 5.82. The first kappa shape index (κ1) is 10.4. The number of aromatic nitrogens is 2. The second kappa shape index (κ2) is 4.14. The maximum absolute atomic E-state index is 11.3. The summed E-state index contributed by atoms with van der Waals surface area (Å²) in [5.41, 5.74) is 0.236. The van der Waals surface area contributed by atoms with Gasteiger partial charge in [0.1, 0.15) is 11.0 Å². The van der Waals surface area contributed by atoms with Crippen LogP contribution in [0.15, 0.2) is 6.07 Å². The van der Waals surface area contributed by atoms with Crippen LogP contribution in [0.2, 0.25) is 5.15 Å². The summed E-state index contributed by atoms with van der Waals surface area (Å²) < 4.78 is 4.59. The molecule has 4 nitrogen and oxygen atoms in total. The molecule has 1 aliphatic carbocycles. The van der Waals surface area contributed by atoms with Gasteiger partial charge < -0.3 is 4.74 Å². The minimum Gasteiger partial charge on any atom is -0.464 e. The Labute approximate surface area is 92.6 Å². The Morgan fingerprint density at radius 3 is 2.80 bits per heavy atom. The standard InChI is InChI=1S/C10H11ClN2O2/c1-15-10(14)7-5-8(11)13-9(12-7)6-3-2-4-6/h5-6H,2-4H2,1H3. The molecule has 0 saturated heterocycles. The first-order valence-corrected chi connectivity index (χ1v) is 5.21. The quantitative estimate of drug-likeness (QED) is 0.573. The van der Waals surface area contributed by atoms with Gasteiger partial charge in [0, 0.05) is 12.0 Å². The number of ether oxygens (including phenoxy) is 1. The van der Waals surface area contributed by atoms with E-state index >= 15 is 0 Å². The van der Waals surface area contributed by atoms with Crippen molar-refractivity contribution in [3.05, 3.63) is 22.7 Å². The molecule has 0 N–H and O–H groups in total. The van der Waals surface area contributed by atoms with Crippen molar-refractivity contribution >= 4 is 17.6 Å². The van der Waals surface area contributed by atoms with E-state index < -0.39 is 5.97 Å². The van der Waals surface area contributed by atoms with Crippen molar-refractivity contribution in [2.75, 3.05) is 7.11 Å². The van der Waals surface area contributed by atoms with Gasteiger partial charge in [-0.05, 0) is 12.8 Å². The molecular weight excluding hydrogens is 216 g/mol. The highest BCUT2D eigenvalue weighted by Gasteiger charge is 2.24. The summed E-state index contributed by atoms with van der Waals surface area (Å²) in [4.78, 5) is 19.6. The van der Waals surface area contributed by atoms with Crippen molar-refractivity contribution in [1.29, 1.82) is 0 Å². The van der Waals surface area contributed by atoms with Crippen molar-refractivity contribution < 1.29 is 9.53 Å². The number of methoxy groups -OCH3 is 1. The van der Waals surface area contributed by atoms with Crippen molar-refractivity contribution in [3.8, 4) is 0 Å². The highest BCUT2D eigenvalue weighted by Crippen LogP contribution is 2.34. The van der Waals surface area contributed by atoms with Gasteiger partial charge in [-0.2, -0.15) is 0 Å². The van der Waals surface area contributed by atoms with E-state index in [1.54, 1.807) is 0 Å². The lowest BCUT2D eigenvalue weighted by molar-refractivity contribution is 0.0593. The molecule has 5 heteroatoms. The van der Waals surface area contributed by atoms with Gasteiger partial charge in [-0.3, -0.25) is 0 Å². The second-order valence-corrected chi connectivity index (χ2v) is 3.94. The second-order valence-electron chi connectivity index (χ2n) is 3.55. The van der Waals surface area contributed by atoms with Crippen LogP contribution in [0.1, 0.15) is 41.5 Å². The number of carbonyl (C=O) groups excluding carboxylic acids is 1. The summed E-state index contributed by atoms with van der Waals surface area (Å²) in [6.07, 6.45) is 3.33. The van der Waals surface area contributed by atoms with Gasteiger partial charge in [0.25, 0.3) is 0 Å². The van der Waals surface area contributed by atoms with E-state index in [-0.39, 0.29) is 5.69 Å². The van der Waals surface area contributed by atoms with E-state index in [2.05, 4.69) is 14.7 Å². The van der Waals surface area contributed by atoms with Crippen LogP contribution in [-0.4, -0.2) is 23.0 Å². The van der Waals surface area contributed by atoms with Gasteiger partial charge in [-0.15, -0.1) is 0 Å². The van der Waals surface area contributed by atoms with Crippen LogP contribution in [0.25, 0.3) is 0 Å². The van der Waals surface area contributed by atoms with Gasteiger partial charge in [0.2, 0.25) is 0 Å². The molecule has 1 heterocycles. The van der Waals surface area contributed by atoms with Gasteiger partial charge in [0.15, 0.2) is 5.69 Å². The molecular formula is C10H11ClN2O2. The molecule has 0 unspecified atom stereocenters. The molecule has 0 atom stereocenters. The molecule has 1 aromatic heterocycles.